The van der Waals surface area contributed by atoms with Crippen molar-refractivity contribution in [3.05, 3.63) is 24.3 Å². The quantitative estimate of drug-likeness (QED) is 0.659. The van der Waals surface area contributed by atoms with Crippen LogP contribution in [0.5, 0.6) is 11.5 Å². The highest BCUT2D eigenvalue weighted by Crippen LogP contribution is 2.19. The predicted octanol–water partition coefficient (Wildman–Crippen LogP) is 1.82. The van der Waals surface area contributed by atoms with Crippen LogP contribution in [-0.4, -0.2) is 37.5 Å². The summed E-state index contributed by atoms with van der Waals surface area (Å²) in [5, 5.41) is 12.8. The molecule has 0 saturated carbocycles. The highest BCUT2D eigenvalue weighted by atomic mass is 16.5. The van der Waals surface area contributed by atoms with Gasteiger partial charge >= 0.3 is 0 Å². The van der Waals surface area contributed by atoms with E-state index >= 15 is 0 Å². The molecule has 1 unspecified atom stereocenters. The second kappa shape index (κ2) is 8.78. The summed E-state index contributed by atoms with van der Waals surface area (Å²) < 4.78 is 10.9. The van der Waals surface area contributed by atoms with Crippen LogP contribution in [0.3, 0.4) is 0 Å². The van der Waals surface area contributed by atoms with Crippen molar-refractivity contribution in [3.8, 4) is 11.5 Å². The van der Waals surface area contributed by atoms with E-state index in [9.17, 15) is 5.11 Å². The van der Waals surface area contributed by atoms with Crippen molar-refractivity contribution in [2.75, 3.05) is 26.3 Å². The summed E-state index contributed by atoms with van der Waals surface area (Å²) in [5.74, 6) is 1.50. The Labute approximate surface area is 109 Å². The Morgan fingerprint density at radius 3 is 2.61 bits per heavy atom. The Morgan fingerprint density at radius 2 is 1.94 bits per heavy atom. The topological polar surface area (TPSA) is 50.7 Å². The third-order valence-electron chi connectivity index (χ3n) is 2.37. The number of hydrogen-bond donors (Lipinski definition) is 2. The zero-order chi connectivity index (χ0) is 13.2. The Kier molecular flexibility index (Phi) is 7.22. The first-order valence-corrected chi connectivity index (χ1v) is 6.50. The van der Waals surface area contributed by atoms with Gasteiger partial charge in [-0.3, -0.25) is 0 Å². The highest BCUT2D eigenvalue weighted by Gasteiger charge is 2.05. The highest BCUT2D eigenvalue weighted by molar-refractivity contribution is 5.32. The molecule has 18 heavy (non-hydrogen) atoms. The first kappa shape index (κ1) is 14.8. The number of ether oxygens (including phenoxy) is 2. The molecular weight excluding hydrogens is 230 g/mol. The van der Waals surface area contributed by atoms with Crippen LogP contribution in [0.15, 0.2) is 24.3 Å². The molecule has 1 atom stereocenters. The SMILES string of the molecule is CCCNCC(O)COc1cccc(OCC)c1. The molecule has 0 heterocycles. The van der Waals surface area contributed by atoms with Gasteiger partial charge in [0.1, 0.15) is 24.2 Å². The van der Waals surface area contributed by atoms with Gasteiger partial charge in [0.15, 0.2) is 0 Å². The van der Waals surface area contributed by atoms with E-state index in [-0.39, 0.29) is 6.61 Å². The Morgan fingerprint density at radius 1 is 1.22 bits per heavy atom. The van der Waals surface area contributed by atoms with E-state index in [1.165, 1.54) is 0 Å². The van der Waals surface area contributed by atoms with Gasteiger partial charge in [-0.2, -0.15) is 0 Å². The van der Waals surface area contributed by atoms with Crippen LogP contribution < -0.4 is 14.8 Å². The summed E-state index contributed by atoms with van der Waals surface area (Å²) in [4.78, 5) is 0. The number of aliphatic hydroxyl groups excluding tert-OH is 1. The molecule has 0 aliphatic rings. The van der Waals surface area contributed by atoms with Crippen molar-refractivity contribution in [2.24, 2.45) is 0 Å². The van der Waals surface area contributed by atoms with Crippen LogP contribution in [-0.2, 0) is 0 Å². The van der Waals surface area contributed by atoms with Crippen LogP contribution in [0.2, 0.25) is 0 Å². The first-order valence-electron chi connectivity index (χ1n) is 6.50. The molecule has 0 spiro atoms. The molecule has 1 aromatic rings. The normalized spacial score (nSPS) is 12.2. The molecule has 4 nitrogen and oxygen atoms in total. The number of benzene rings is 1. The van der Waals surface area contributed by atoms with E-state index in [1.807, 2.05) is 31.2 Å². The number of rotatable bonds is 9. The van der Waals surface area contributed by atoms with Crippen LogP contribution in [0.1, 0.15) is 20.3 Å². The second-order valence-corrected chi connectivity index (χ2v) is 4.08. The van der Waals surface area contributed by atoms with Crippen LogP contribution in [0.25, 0.3) is 0 Å². The van der Waals surface area contributed by atoms with Crippen molar-refractivity contribution < 1.29 is 14.6 Å². The van der Waals surface area contributed by atoms with E-state index in [0.29, 0.717) is 13.2 Å². The van der Waals surface area contributed by atoms with E-state index in [0.717, 1.165) is 24.5 Å². The van der Waals surface area contributed by atoms with Gasteiger partial charge in [-0.05, 0) is 32.0 Å². The van der Waals surface area contributed by atoms with Gasteiger partial charge in [0.25, 0.3) is 0 Å². The molecule has 4 heteroatoms. The molecule has 1 rings (SSSR count). The average Bonchev–Trinajstić information content (AvgIpc) is 2.38. The van der Waals surface area contributed by atoms with Gasteiger partial charge in [-0.25, -0.2) is 0 Å². The molecular formula is C14H23NO3. The molecule has 0 amide bonds. The maximum Gasteiger partial charge on any atom is 0.123 e. The zero-order valence-corrected chi connectivity index (χ0v) is 11.2. The van der Waals surface area contributed by atoms with Gasteiger partial charge in [0.05, 0.1) is 6.61 Å². The van der Waals surface area contributed by atoms with E-state index in [2.05, 4.69) is 12.2 Å². The van der Waals surface area contributed by atoms with E-state index in [4.69, 9.17) is 9.47 Å². The third-order valence-corrected chi connectivity index (χ3v) is 2.37. The fourth-order valence-corrected chi connectivity index (χ4v) is 1.52. The Balaban J connectivity index is 2.31. The van der Waals surface area contributed by atoms with Crippen LogP contribution in [0, 0.1) is 0 Å². The fourth-order valence-electron chi connectivity index (χ4n) is 1.52. The molecule has 102 valence electrons. The molecule has 1 aromatic carbocycles. The molecule has 0 aliphatic carbocycles. The minimum atomic E-state index is -0.493. The van der Waals surface area contributed by atoms with Gasteiger partial charge in [0.2, 0.25) is 0 Å². The maximum atomic E-state index is 9.69. The summed E-state index contributed by atoms with van der Waals surface area (Å²) >= 11 is 0. The summed E-state index contributed by atoms with van der Waals surface area (Å²) in [6.45, 7) is 6.42. The van der Waals surface area contributed by atoms with Gasteiger partial charge < -0.3 is 19.9 Å². The molecule has 0 fully saturated rings. The van der Waals surface area contributed by atoms with Crippen molar-refractivity contribution in [1.29, 1.82) is 0 Å². The Bertz CT molecular complexity index is 331. The second-order valence-electron chi connectivity index (χ2n) is 4.08. The van der Waals surface area contributed by atoms with Crippen molar-refractivity contribution in [2.45, 2.75) is 26.4 Å². The summed E-state index contributed by atoms with van der Waals surface area (Å²) in [6, 6.07) is 7.45. The minimum absolute atomic E-state index is 0.284. The number of nitrogens with one attached hydrogen (secondary N) is 1. The van der Waals surface area contributed by atoms with Crippen molar-refractivity contribution in [1.82, 2.24) is 5.32 Å². The molecule has 0 bridgehead atoms. The summed E-state index contributed by atoms with van der Waals surface area (Å²) in [7, 11) is 0. The smallest absolute Gasteiger partial charge is 0.123 e. The largest absolute Gasteiger partial charge is 0.494 e. The van der Waals surface area contributed by atoms with Crippen molar-refractivity contribution in [3.63, 3.8) is 0 Å². The van der Waals surface area contributed by atoms with Gasteiger partial charge in [-0.15, -0.1) is 0 Å². The van der Waals surface area contributed by atoms with Crippen LogP contribution in [0.4, 0.5) is 0 Å². The minimum Gasteiger partial charge on any atom is -0.494 e. The average molecular weight is 253 g/mol. The van der Waals surface area contributed by atoms with Gasteiger partial charge in [0, 0.05) is 12.6 Å². The lowest BCUT2D eigenvalue weighted by atomic mass is 10.3. The lowest BCUT2D eigenvalue weighted by Crippen LogP contribution is -2.31. The fraction of sp³-hybridized carbons (Fsp3) is 0.571. The lowest BCUT2D eigenvalue weighted by molar-refractivity contribution is 0.106. The molecule has 0 aliphatic heterocycles. The standard InChI is InChI=1S/C14H23NO3/c1-3-8-15-10-12(16)11-18-14-7-5-6-13(9-14)17-4-2/h5-7,9,12,15-16H,3-4,8,10-11H2,1-2H3. The monoisotopic (exact) mass is 253 g/mol. The summed E-state index contributed by atoms with van der Waals surface area (Å²) in [5.41, 5.74) is 0. The summed E-state index contributed by atoms with van der Waals surface area (Å²) in [6.07, 6.45) is 0.566. The number of hydrogen-bond acceptors (Lipinski definition) is 4. The van der Waals surface area contributed by atoms with E-state index in [1.54, 1.807) is 0 Å². The van der Waals surface area contributed by atoms with Gasteiger partial charge in [-0.1, -0.05) is 13.0 Å². The van der Waals surface area contributed by atoms with Crippen molar-refractivity contribution >= 4 is 0 Å². The molecule has 2 N–H and O–H groups in total. The first-order chi connectivity index (χ1) is 8.76. The molecule has 0 radical (unpaired) electrons. The molecule has 0 saturated heterocycles. The number of aliphatic hydroxyl groups is 1. The maximum absolute atomic E-state index is 9.69. The lowest BCUT2D eigenvalue weighted by Gasteiger charge is -2.13. The van der Waals surface area contributed by atoms with Crippen LogP contribution >= 0.6 is 0 Å². The predicted molar refractivity (Wildman–Crippen MR) is 72.3 cm³/mol. The Hall–Kier alpha value is -1.26. The molecule has 0 aromatic heterocycles. The zero-order valence-electron chi connectivity index (χ0n) is 11.2. The third kappa shape index (κ3) is 5.89. The van der Waals surface area contributed by atoms with E-state index < -0.39 is 6.10 Å².